The number of amides is 1. The summed E-state index contributed by atoms with van der Waals surface area (Å²) in [4.78, 5) is 16.4. The Morgan fingerprint density at radius 1 is 1.07 bits per heavy atom. The number of aromatic nitrogens is 4. The van der Waals surface area contributed by atoms with E-state index >= 15 is 0 Å². The van der Waals surface area contributed by atoms with E-state index < -0.39 is 0 Å². The molecule has 0 radical (unpaired) electrons. The smallest absolute Gasteiger partial charge is 0.230 e. The zero-order valence-corrected chi connectivity index (χ0v) is 17.6. The highest BCUT2D eigenvalue weighted by Crippen LogP contribution is 2.24. The molecule has 1 N–H and O–H groups in total. The molecule has 0 aliphatic heterocycles. The second-order valence-electron chi connectivity index (χ2n) is 6.82. The van der Waals surface area contributed by atoms with Crippen molar-refractivity contribution in [2.24, 2.45) is 0 Å². The number of carbonyl (C=O) groups excluding carboxylic acids is 1. The predicted molar refractivity (Wildman–Crippen MR) is 117 cm³/mol. The summed E-state index contributed by atoms with van der Waals surface area (Å²) in [6.45, 7) is 3.55. The van der Waals surface area contributed by atoms with E-state index in [0.29, 0.717) is 12.3 Å². The fraction of sp³-hybridized carbons (Fsp3) is 0.364. The molecule has 0 aliphatic carbocycles. The van der Waals surface area contributed by atoms with Crippen LogP contribution < -0.4 is 5.32 Å². The van der Waals surface area contributed by atoms with Gasteiger partial charge in [-0.1, -0.05) is 68.3 Å². The molecule has 0 saturated heterocycles. The van der Waals surface area contributed by atoms with Crippen LogP contribution in [0.15, 0.2) is 60.0 Å². The fourth-order valence-electron chi connectivity index (χ4n) is 2.97. The molecule has 0 atom stereocenters. The third-order valence-corrected chi connectivity index (χ3v) is 5.47. The van der Waals surface area contributed by atoms with Gasteiger partial charge in [-0.05, 0) is 24.1 Å². The second kappa shape index (κ2) is 11.4. The molecule has 2 heterocycles. The summed E-state index contributed by atoms with van der Waals surface area (Å²) in [5, 5.41) is 12.4. The van der Waals surface area contributed by atoms with Crippen molar-refractivity contribution >= 4 is 17.7 Å². The van der Waals surface area contributed by atoms with Crippen LogP contribution in [0.2, 0.25) is 0 Å². The maximum absolute atomic E-state index is 12.2. The molecule has 2 aromatic heterocycles. The molecule has 0 spiro atoms. The quantitative estimate of drug-likeness (QED) is 0.380. The summed E-state index contributed by atoms with van der Waals surface area (Å²) in [5.74, 6) is 1.11. The first-order valence-corrected chi connectivity index (χ1v) is 11.0. The second-order valence-corrected chi connectivity index (χ2v) is 7.76. The molecule has 6 nitrogen and oxygen atoms in total. The lowest BCUT2D eigenvalue weighted by atomic mass is 10.2. The first-order chi connectivity index (χ1) is 14.3. The molecule has 0 bridgehead atoms. The van der Waals surface area contributed by atoms with E-state index in [-0.39, 0.29) is 5.91 Å². The minimum absolute atomic E-state index is 0.0312. The Morgan fingerprint density at radius 3 is 2.69 bits per heavy atom. The molecule has 3 aromatic rings. The number of hydrogen-bond acceptors (Lipinski definition) is 5. The first-order valence-electron chi connectivity index (χ1n) is 10.0. The summed E-state index contributed by atoms with van der Waals surface area (Å²) in [6, 6.07) is 14.0. The Kier molecular flexibility index (Phi) is 8.25. The van der Waals surface area contributed by atoms with E-state index in [1.165, 1.54) is 24.6 Å². The number of nitrogens with zero attached hydrogens (tertiary/aromatic N) is 4. The number of carbonyl (C=O) groups is 1. The molecular formula is C22H27N5OS. The Balaban J connectivity index is 1.68. The van der Waals surface area contributed by atoms with Gasteiger partial charge in [-0.3, -0.25) is 14.3 Å². The minimum Gasteiger partial charge on any atom is -0.355 e. The molecule has 3 rings (SSSR count). The van der Waals surface area contributed by atoms with Gasteiger partial charge in [0.05, 0.1) is 12.3 Å². The SMILES string of the molecule is CCCCCCNC(=O)CSc1nnc(-c2cccnc2)n1Cc1ccccc1. The summed E-state index contributed by atoms with van der Waals surface area (Å²) in [5.41, 5.74) is 2.06. The molecule has 0 aliphatic rings. The van der Waals surface area contributed by atoms with Crippen molar-refractivity contribution in [1.82, 2.24) is 25.1 Å². The van der Waals surface area contributed by atoms with Crippen molar-refractivity contribution in [1.29, 1.82) is 0 Å². The van der Waals surface area contributed by atoms with E-state index in [9.17, 15) is 4.79 Å². The molecule has 7 heteroatoms. The fourth-order valence-corrected chi connectivity index (χ4v) is 3.74. The number of rotatable bonds is 11. The molecule has 29 heavy (non-hydrogen) atoms. The van der Waals surface area contributed by atoms with Crippen LogP contribution in [0, 0.1) is 0 Å². The van der Waals surface area contributed by atoms with Gasteiger partial charge in [0.15, 0.2) is 11.0 Å². The average Bonchev–Trinajstić information content (AvgIpc) is 3.16. The highest BCUT2D eigenvalue weighted by atomic mass is 32.2. The Labute approximate surface area is 176 Å². The lowest BCUT2D eigenvalue weighted by Gasteiger charge is -2.10. The normalized spacial score (nSPS) is 10.8. The highest BCUT2D eigenvalue weighted by molar-refractivity contribution is 7.99. The van der Waals surface area contributed by atoms with Gasteiger partial charge in [-0.15, -0.1) is 10.2 Å². The average molecular weight is 410 g/mol. The van der Waals surface area contributed by atoms with Gasteiger partial charge in [-0.2, -0.15) is 0 Å². The van der Waals surface area contributed by atoms with Crippen molar-refractivity contribution in [2.75, 3.05) is 12.3 Å². The maximum Gasteiger partial charge on any atom is 0.230 e. The van der Waals surface area contributed by atoms with Crippen LogP contribution in [-0.4, -0.2) is 38.0 Å². The zero-order valence-electron chi connectivity index (χ0n) is 16.8. The van der Waals surface area contributed by atoms with Gasteiger partial charge in [0, 0.05) is 24.5 Å². The molecule has 0 fully saturated rings. The number of hydrogen-bond donors (Lipinski definition) is 1. The van der Waals surface area contributed by atoms with Gasteiger partial charge >= 0.3 is 0 Å². The monoisotopic (exact) mass is 409 g/mol. The summed E-state index contributed by atoms with van der Waals surface area (Å²) in [7, 11) is 0. The first kappa shape index (κ1) is 21.0. The predicted octanol–water partition coefficient (Wildman–Crippen LogP) is 4.18. The van der Waals surface area contributed by atoms with Crippen molar-refractivity contribution in [3.05, 3.63) is 60.4 Å². The summed E-state index contributed by atoms with van der Waals surface area (Å²) >= 11 is 1.42. The molecule has 1 aromatic carbocycles. The number of pyridine rings is 1. The lowest BCUT2D eigenvalue weighted by Crippen LogP contribution is -2.26. The molecular weight excluding hydrogens is 382 g/mol. The Hall–Kier alpha value is -2.67. The van der Waals surface area contributed by atoms with Crippen molar-refractivity contribution in [3.63, 3.8) is 0 Å². The number of nitrogens with one attached hydrogen (secondary N) is 1. The van der Waals surface area contributed by atoms with Gasteiger partial charge in [0.2, 0.25) is 5.91 Å². The molecule has 0 unspecified atom stereocenters. The van der Waals surface area contributed by atoms with E-state index in [1.54, 1.807) is 12.4 Å². The highest BCUT2D eigenvalue weighted by Gasteiger charge is 2.16. The van der Waals surface area contributed by atoms with Crippen molar-refractivity contribution < 1.29 is 4.79 Å². The van der Waals surface area contributed by atoms with Gasteiger partial charge in [0.1, 0.15) is 0 Å². The number of benzene rings is 1. The van der Waals surface area contributed by atoms with Crippen molar-refractivity contribution in [2.45, 2.75) is 44.3 Å². The van der Waals surface area contributed by atoms with E-state index in [0.717, 1.165) is 41.5 Å². The molecule has 0 saturated carbocycles. The van der Waals surface area contributed by atoms with E-state index in [1.807, 2.05) is 34.9 Å². The van der Waals surface area contributed by atoms with Crippen LogP contribution in [0.4, 0.5) is 0 Å². The van der Waals surface area contributed by atoms with Crippen LogP contribution >= 0.6 is 11.8 Å². The molecule has 1 amide bonds. The zero-order chi connectivity index (χ0) is 20.3. The lowest BCUT2D eigenvalue weighted by molar-refractivity contribution is -0.118. The topological polar surface area (TPSA) is 72.7 Å². The Bertz CT molecular complexity index is 883. The van der Waals surface area contributed by atoms with Crippen LogP contribution in [-0.2, 0) is 11.3 Å². The number of unbranched alkanes of at least 4 members (excludes halogenated alkanes) is 3. The summed E-state index contributed by atoms with van der Waals surface area (Å²) < 4.78 is 2.05. The largest absolute Gasteiger partial charge is 0.355 e. The Morgan fingerprint density at radius 2 is 1.93 bits per heavy atom. The maximum atomic E-state index is 12.2. The standard InChI is InChI=1S/C22H27N5OS/c1-2-3-4-8-14-24-20(28)17-29-22-26-25-21(19-12-9-13-23-15-19)27(22)16-18-10-6-5-7-11-18/h5-7,9-13,15H,2-4,8,14,16-17H2,1H3,(H,24,28). The summed E-state index contributed by atoms with van der Waals surface area (Å²) in [6.07, 6.45) is 8.11. The van der Waals surface area contributed by atoms with E-state index in [2.05, 4.69) is 39.6 Å². The van der Waals surface area contributed by atoms with Crippen LogP contribution in [0.25, 0.3) is 11.4 Å². The van der Waals surface area contributed by atoms with E-state index in [4.69, 9.17) is 0 Å². The van der Waals surface area contributed by atoms with Gasteiger partial charge in [-0.25, -0.2) is 0 Å². The number of thioether (sulfide) groups is 1. The third-order valence-electron chi connectivity index (χ3n) is 4.50. The molecule has 152 valence electrons. The van der Waals surface area contributed by atoms with Gasteiger partial charge < -0.3 is 5.32 Å². The van der Waals surface area contributed by atoms with Crippen LogP contribution in [0.5, 0.6) is 0 Å². The third kappa shape index (κ3) is 6.42. The van der Waals surface area contributed by atoms with Crippen molar-refractivity contribution in [3.8, 4) is 11.4 Å². The van der Waals surface area contributed by atoms with Crippen LogP contribution in [0.3, 0.4) is 0 Å². The van der Waals surface area contributed by atoms with Crippen LogP contribution in [0.1, 0.15) is 38.2 Å². The minimum atomic E-state index is 0.0312. The van der Waals surface area contributed by atoms with Gasteiger partial charge in [0.25, 0.3) is 0 Å².